The SMILES string of the molecule is NCC1CC(=O)N(c2ccc(C=O)cn2)C1. The van der Waals surface area contributed by atoms with Crippen molar-refractivity contribution in [1.29, 1.82) is 0 Å². The molecule has 0 saturated carbocycles. The van der Waals surface area contributed by atoms with Gasteiger partial charge in [-0.25, -0.2) is 4.98 Å². The quantitative estimate of drug-likeness (QED) is 0.737. The average molecular weight is 219 g/mol. The molecule has 1 saturated heterocycles. The van der Waals surface area contributed by atoms with Gasteiger partial charge in [0.2, 0.25) is 5.91 Å². The lowest BCUT2D eigenvalue weighted by atomic mass is 10.1. The number of rotatable bonds is 3. The molecule has 84 valence electrons. The molecule has 0 aliphatic carbocycles. The van der Waals surface area contributed by atoms with Crippen molar-refractivity contribution >= 4 is 18.0 Å². The highest BCUT2D eigenvalue weighted by atomic mass is 16.2. The molecule has 1 amide bonds. The van der Waals surface area contributed by atoms with Gasteiger partial charge in [0.05, 0.1) is 0 Å². The number of aromatic nitrogens is 1. The van der Waals surface area contributed by atoms with Crippen LogP contribution in [0.2, 0.25) is 0 Å². The molecule has 0 radical (unpaired) electrons. The summed E-state index contributed by atoms with van der Waals surface area (Å²) in [6.07, 6.45) is 2.67. The van der Waals surface area contributed by atoms with Crippen LogP contribution in [0, 0.1) is 5.92 Å². The highest BCUT2D eigenvalue weighted by molar-refractivity contribution is 5.95. The lowest BCUT2D eigenvalue weighted by Crippen LogP contribution is -2.26. The van der Waals surface area contributed by atoms with Crippen LogP contribution in [0.4, 0.5) is 5.82 Å². The van der Waals surface area contributed by atoms with E-state index < -0.39 is 0 Å². The fourth-order valence-electron chi connectivity index (χ4n) is 1.79. The third kappa shape index (κ3) is 1.94. The van der Waals surface area contributed by atoms with E-state index in [1.165, 1.54) is 6.20 Å². The Hall–Kier alpha value is -1.75. The predicted octanol–water partition coefficient (Wildman–Crippen LogP) is 0.206. The van der Waals surface area contributed by atoms with E-state index in [0.717, 1.165) is 6.29 Å². The van der Waals surface area contributed by atoms with Crippen LogP contribution in [-0.2, 0) is 4.79 Å². The molecule has 0 bridgehead atoms. The molecule has 16 heavy (non-hydrogen) atoms. The van der Waals surface area contributed by atoms with E-state index >= 15 is 0 Å². The second-order valence-electron chi connectivity index (χ2n) is 3.88. The van der Waals surface area contributed by atoms with Crippen LogP contribution in [0.15, 0.2) is 18.3 Å². The Bertz CT molecular complexity index is 402. The van der Waals surface area contributed by atoms with Crippen LogP contribution in [0.1, 0.15) is 16.8 Å². The van der Waals surface area contributed by atoms with E-state index in [9.17, 15) is 9.59 Å². The third-order valence-electron chi connectivity index (χ3n) is 2.72. The second kappa shape index (κ2) is 4.40. The number of carbonyl (C=O) groups is 2. The van der Waals surface area contributed by atoms with E-state index in [2.05, 4.69) is 4.98 Å². The molecule has 1 aromatic heterocycles. The largest absolute Gasteiger partial charge is 0.330 e. The fraction of sp³-hybridized carbons (Fsp3) is 0.364. The number of aldehydes is 1. The first kappa shape index (κ1) is 10.8. The van der Waals surface area contributed by atoms with E-state index in [-0.39, 0.29) is 11.8 Å². The zero-order valence-corrected chi connectivity index (χ0v) is 8.80. The maximum atomic E-state index is 11.7. The Balaban J connectivity index is 2.18. The van der Waals surface area contributed by atoms with Gasteiger partial charge in [-0.05, 0) is 24.6 Å². The van der Waals surface area contributed by atoms with Gasteiger partial charge in [0.15, 0.2) is 6.29 Å². The van der Waals surface area contributed by atoms with Crippen molar-refractivity contribution in [3.63, 3.8) is 0 Å². The van der Waals surface area contributed by atoms with Crippen LogP contribution in [0.5, 0.6) is 0 Å². The minimum atomic E-state index is 0.0433. The van der Waals surface area contributed by atoms with Crippen molar-refractivity contribution in [2.24, 2.45) is 11.7 Å². The summed E-state index contributed by atoms with van der Waals surface area (Å²) in [5.74, 6) is 0.841. The van der Waals surface area contributed by atoms with Crippen molar-refractivity contribution in [2.75, 3.05) is 18.0 Å². The summed E-state index contributed by atoms with van der Waals surface area (Å²) >= 11 is 0. The molecule has 2 N–H and O–H groups in total. The number of carbonyl (C=O) groups excluding carboxylic acids is 2. The molecule has 1 aromatic rings. The van der Waals surface area contributed by atoms with E-state index in [0.29, 0.717) is 30.9 Å². The normalized spacial score (nSPS) is 20.2. The molecule has 0 aromatic carbocycles. The predicted molar refractivity (Wildman–Crippen MR) is 59.1 cm³/mol. The first-order chi connectivity index (χ1) is 7.74. The first-order valence-corrected chi connectivity index (χ1v) is 5.16. The topological polar surface area (TPSA) is 76.3 Å². The summed E-state index contributed by atoms with van der Waals surface area (Å²) in [5.41, 5.74) is 6.04. The zero-order valence-electron chi connectivity index (χ0n) is 8.80. The minimum absolute atomic E-state index is 0.0433. The Morgan fingerprint density at radius 1 is 1.56 bits per heavy atom. The number of anilines is 1. The molecule has 1 aliphatic rings. The summed E-state index contributed by atoms with van der Waals surface area (Å²) < 4.78 is 0. The second-order valence-corrected chi connectivity index (χ2v) is 3.88. The summed E-state index contributed by atoms with van der Waals surface area (Å²) in [6.45, 7) is 1.12. The van der Waals surface area contributed by atoms with Gasteiger partial charge in [-0.2, -0.15) is 0 Å². The molecule has 1 fully saturated rings. The molecule has 2 heterocycles. The Kier molecular flexibility index (Phi) is 2.96. The van der Waals surface area contributed by atoms with Crippen LogP contribution < -0.4 is 10.6 Å². The number of amides is 1. The van der Waals surface area contributed by atoms with Crippen molar-refractivity contribution in [2.45, 2.75) is 6.42 Å². The molecule has 1 aliphatic heterocycles. The fourth-order valence-corrected chi connectivity index (χ4v) is 1.79. The molecule has 1 unspecified atom stereocenters. The minimum Gasteiger partial charge on any atom is -0.330 e. The molecule has 1 atom stereocenters. The van der Waals surface area contributed by atoms with Gasteiger partial charge in [-0.15, -0.1) is 0 Å². The lowest BCUT2D eigenvalue weighted by Gasteiger charge is -2.14. The van der Waals surface area contributed by atoms with E-state index in [1.54, 1.807) is 17.0 Å². The van der Waals surface area contributed by atoms with Gasteiger partial charge >= 0.3 is 0 Å². The number of pyridine rings is 1. The first-order valence-electron chi connectivity index (χ1n) is 5.16. The Labute approximate surface area is 93.3 Å². The smallest absolute Gasteiger partial charge is 0.228 e. The van der Waals surface area contributed by atoms with Gasteiger partial charge in [-0.3, -0.25) is 14.5 Å². The van der Waals surface area contributed by atoms with Gasteiger partial charge in [0, 0.05) is 24.7 Å². The maximum absolute atomic E-state index is 11.7. The summed E-state index contributed by atoms with van der Waals surface area (Å²) in [6, 6.07) is 3.33. The van der Waals surface area contributed by atoms with E-state index in [1.807, 2.05) is 0 Å². The van der Waals surface area contributed by atoms with E-state index in [4.69, 9.17) is 5.73 Å². The number of nitrogens with zero attached hydrogens (tertiary/aromatic N) is 2. The zero-order chi connectivity index (χ0) is 11.5. The summed E-state index contributed by atoms with van der Waals surface area (Å²) in [4.78, 5) is 27.8. The number of hydrogen-bond donors (Lipinski definition) is 1. The molecular formula is C11H13N3O2. The van der Waals surface area contributed by atoms with Crippen molar-refractivity contribution in [1.82, 2.24) is 4.98 Å². The van der Waals surface area contributed by atoms with Gasteiger partial charge < -0.3 is 5.73 Å². The Morgan fingerprint density at radius 3 is 2.88 bits per heavy atom. The highest BCUT2D eigenvalue weighted by Gasteiger charge is 2.30. The van der Waals surface area contributed by atoms with Crippen molar-refractivity contribution in [3.8, 4) is 0 Å². The average Bonchev–Trinajstić information content (AvgIpc) is 2.71. The molecular weight excluding hydrogens is 206 g/mol. The van der Waals surface area contributed by atoms with Gasteiger partial charge in [0.1, 0.15) is 5.82 Å². The third-order valence-corrected chi connectivity index (χ3v) is 2.72. The number of nitrogens with two attached hydrogens (primary N) is 1. The maximum Gasteiger partial charge on any atom is 0.228 e. The van der Waals surface area contributed by atoms with Crippen molar-refractivity contribution < 1.29 is 9.59 Å². The lowest BCUT2D eigenvalue weighted by molar-refractivity contribution is -0.117. The van der Waals surface area contributed by atoms with Gasteiger partial charge in [-0.1, -0.05) is 0 Å². The standard InChI is InChI=1S/C11H13N3O2/c12-4-9-3-11(16)14(6-9)10-2-1-8(7-15)5-13-10/h1-2,5,7,9H,3-4,6,12H2. The summed E-state index contributed by atoms with van der Waals surface area (Å²) in [7, 11) is 0. The van der Waals surface area contributed by atoms with Crippen molar-refractivity contribution in [3.05, 3.63) is 23.9 Å². The van der Waals surface area contributed by atoms with Crippen LogP contribution in [0.3, 0.4) is 0 Å². The van der Waals surface area contributed by atoms with Crippen LogP contribution in [0.25, 0.3) is 0 Å². The van der Waals surface area contributed by atoms with Crippen LogP contribution in [-0.4, -0.2) is 30.3 Å². The summed E-state index contributed by atoms with van der Waals surface area (Å²) in [5, 5.41) is 0. The monoisotopic (exact) mass is 219 g/mol. The number of hydrogen-bond acceptors (Lipinski definition) is 4. The van der Waals surface area contributed by atoms with Crippen LogP contribution >= 0.6 is 0 Å². The molecule has 0 spiro atoms. The Morgan fingerprint density at radius 2 is 2.38 bits per heavy atom. The molecule has 2 rings (SSSR count). The highest BCUT2D eigenvalue weighted by Crippen LogP contribution is 2.22. The molecule has 5 nitrogen and oxygen atoms in total. The van der Waals surface area contributed by atoms with Gasteiger partial charge in [0.25, 0.3) is 0 Å². The molecule has 5 heteroatoms.